The molecule has 0 heterocycles. The number of benzene rings is 2. The van der Waals surface area contributed by atoms with E-state index in [1.54, 1.807) is 18.2 Å². The van der Waals surface area contributed by atoms with E-state index in [-0.39, 0.29) is 17.6 Å². The molecule has 2 N–H and O–H groups in total. The summed E-state index contributed by atoms with van der Waals surface area (Å²) in [7, 11) is 0. The van der Waals surface area contributed by atoms with Crippen LogP contribution in [-0.4, -0.2) is 17.6 Å². The first-order chi connectivity index (χ1) is 11.0. The summed E-state index contributed by atoms with van der Waals surface area (Å²) >= 11 is 14.4. The molecule has 0 aromatic heterocycles. The van der Waals surface area contributed by atoms with Crippen molar-refractivity contribution in [2.75, 3.05) is 6.61 Å². The number of halogens is 2. The summed E-state index contributed by atoms with van der Waals surface area (Å²) in [5.41, 5.74) is 1.07. The molecule has 0 bridgehead atoms. The number of rotatable bonds is 5. The molecule has 0 aliphatic rings. The number of carbonyl (C=O) groups is 1. The Kier molecular flexibility index (Phi) is 6.83. The summed E-state index contributed by atoms with van der Waals surface area (Å²) in [5.74, 6) is 0.0859. The summed E-state index contributed by atoms with van der Waals surface area (Å²) in [6.07, 6.45) is 0. The third-order valence-electron chi connectivity index (χ3n) is 2.80. The van der Waals surface area contributed by atoms with Crippen LogP contribution in [0, 0.1) is 0 Å². The van der Waals surface area contributed by atoms with Crippen molar-refractivity contribution < 1.29 is 9.53 Å². The van der Waals surface area contributed by atoms with Crippen LogP contribution in [0.2, 0.25) is 5.02 Å². The van der Waals surface area contributed by atoms with Gasteiger partial charge in [0.2, 0.25) is 0 Å². The van der Waals surface area contributed by atoms with Gasteiger partial charge in [0.15, 0.2) is 11.7 Å². The number of ether oxygens (including phenoxy) is 1. The van der Waals surface area contributed by atoms with Crippen LogP contribution in [0.1, 0.15) is 5.56 Å². The third kappa shape index (κ3) is 6.17. The topological polar surface area (TPSA) is 50.4 Å². The van der Waals surface area contributed by atoms with Crippen molar-refractivity contribution in [2.24, 2.45) is 0 Å². The molecule has 0 radical (unpaired) electrons. The van der Waals surface area contributed by atoms with E-state index in [1.807, 2.05) is 30.3 Å². The van der Waals surface area contributed by atoms with Gasteiger partial charge < -0.3 is 15.4 Å². The molecule has 0 saturated heterocycles. The van der Waals surface area contributed by atoms with E-state index in [0.717, 1.165) is 10.0 Å². The molecule has 7 heteroatoms. The minimum absolute atomic E-state index is 0.172. The van der Waals surface area contributed by atoms with E-state index in [2.05, 4.69) is 26.6 Å². The van der Waals surface area contributed by atoms with Crippen molar-refractivity contribution >= 4 is 50.8 Å². The quantitative estimate of drug-likeness (QED) is 0.734. The predicted molar refractivity (Wildman–Crippen MR) is 98.7 cm³/mol. The zero-order chi connectivity index (χ0) is 16.7. The Morgan fingerprint density at radius 2 is 1.96 bits per heavy atom. The number of nitrogens with one attached hydrogen (secondary N) is 2. The van der Waals surface area contributed by atoms with Crippen molar-refractivity contribution in [3.8, 4) is 5.75 Å². The van der Waals surface area contributed by atoms with Crippen LogP contribution >= 0.6 is 39.7 Å². The van der Waals surface area contributed by atoms with Gasteiger partial charge in [-0.2, -0.15) is 0 Å². The first-order valence-electron chi connectivity index (χ1n) is 6.74. The lowest BCUT2D eigenvalue weighted by Crippen LogP contribution is -2.41. The lowest BCUT2D eigenvalue weighted by Gasteiger charge is -2.11. The van der Waals surface area contributed by atoms with E-state index in [1.165, 1.54) is 0 Å². The molecular weight excluding hydrogens is 400 g/mol. The van der Waals surface area contributed by atoms with Gasteiger partial charge in [-0.1, -0.05) is 57.9 Å². The molecule has 0 aliphatic carbocycles. The van der Waals surface area contributed by atoms with Gasteiger partial charge in [-0.05, 0) is 36.0 Å². The first kappa shape index (κ1) is 17.7. The minimum atomic E-state index is -0.352. The van der Waals surface area contributed by atoms with Crippen molar-refractivity contribution in [2.45, 2.75) is 6.54 Å². The molecule has 2 aromatic carbocycles. The second kappa shape index (κ2) is 8.86. The molecular formula is C16H14BrClN2O2S. The van der Waals surface area contributed by atoms with Crippen molar-refractivity contribution in [1.29, 1.82) is 0 Å². The van der Waals surface area contributed by atoms with Crippen LogP contribution in [0.25, 0.3) is 0 Å². The zero-order valence-corrected chi connectivity index (χ0v) is 15.2. The predicted octanol–water partition coefficient (Wildman–Crippen LogP) is 3.67. The van der Waals surface area contributed by atoms with E-state index < -0.39 is 0 Å². The average Bonchev–Trinajstić information content (AvgIpc) is 2.53. The van der Waals surface area contributed by atoms with Crippen LogP contribution in [0.4, 0.5) is 0 Å². The van der Waals surface area contributed by atoms with Crippen LogP contribution < -0.4 is 15.4 Å². The summed E-state index contributed by atoms with van der Waals surface area (Å²) in [4.78, 5) is 11.8. The maximum atomic E-state index is 11.8. The summed E-state index contributed by atoms with van der Waals surface area (Å²) in [5, 5.41) is 6.20. The van der Waals surface area contributed by atoms with Crippen LogP contribution in [0.5, 0.6) is 5.75 Å². The van der Waals surface area contributed by atoms with Gasteiger partial charge in [-0.15, -0.1) is 0 Å². The first-order valence-corrected chi connectivity index (χ1v) is 8.32. The molecule has 23 heavy (non-hydrogen) atoms. The van der Waals surface area contributed by atoms with Gasteiger partial charge in [0, 0.05) is 11.0 Å². The maximum absolute atomic E-state index is 11.8. The molecule has 0 spiro atoms. The molecule has 0 saturated carbocycles. The molecule has 4 nitrogen and oxygen atoms in total. The fourth-order valence-electron chi connectivity index (χ4n) is 1.72. The standard InChI is InChI=1S/C16H14BrClN2O2S/c17-12-6-7-14(13(18)8-12)22-10-15(21)20-16(23)19-9-11-4-2-1-3-5-11/h1-8H,9-10H2,(H2,19,20,21,23). The molecule has 2 rings (SSSR count). The summed E-state index contributed by atoms with van der Waals surface area (Å²) < 4.78 is 6.20. The largest absolute Gasteiger partial charge is 0.482 e. The molecule has 0 unspecified atom stereocenters. The normalized spacial score (nSPS) is 10.0. The lowest BCUT2D eigenvalue weighted by molar-refractivity contribution is -0.121. The molecule has 1 amide bonds. The number of carbonyl (C=O) groups excluding carboxylic acids is 1. The van der Waals surface area contributed by atoms with E-state index in [9.17, 15) is 4.79 Å². The number of amides is 1. The van der Waals surface area contributed by atoms with Gasteiger partial charge in [-0.25, -0.2) is 0 Å². The van der Waals surface area contributed by atoms with Gasteiger partial charge in [0.25, 0.3) is 5.91 Å². The zero-order valence-electron chi connectivity index (χ0n) is 12.0. The molecule has 0 fully saturated rings. The summed E-state index contributed by atoms with van der Waals surface area (Å²) in [6, 6.07) is 14.9. The van der Waals surface area contributed by atoms with Gasteiger partial charge in [-0.3, -0.25) is 4.79 Å². The average molecular weight is 414 g/mol. The van der Waals surface area contributed by atoms with E-state index in [0.29, 0.717) is 17.3 Å². The Morgan fingerprint density at radius 3 is 2.65 bits per heavy atom. The van der Waals surface area contributed by atoms with E-state index >= 15 is 0 Å². The van der Waals surface area contributed by atoms with Crippen molar-refractivity contribution in [3.63, 3.8) is 0 Å². The Labute approximate surface area is 153 Å². The summed E-state index contributed by atoms with van der Waals surface area (Å²) in [6.45, 7) is 0.369. The Morgan fingerprint density at radius 1 is 1.22 bits per heavy atom. The van der Waals surface area contributed by atoms with Crippen LogP contribution in [-0.2, 0) is 11.3 Å². The lowest BCUT2D eigenvalue weighted by atomic mass is 10.2. The SMILES string of the molecule is O=C(COc1ccc(Br)cc1Cl)NC(=S)NCc1ccccc1. The second-order valence-electron chi connectivity index (χ2n) is 4.58. The molecule has 120 valence electrons. The Hall–Kier alpha value is -1.63. The Balaban J connectivity index is 1.74. The van der Waals surface area contributed by atoms with Gasteiger partial charge >= 0.3 is 0 Å². The highest BCUT2D eigenvalue weighted by molar-refractivity contribution is 9.10. The molecule has 0 aliphatic heterocycles. The number of hydrogen-bond acceptors (Lipinski definition) is 3. The second-order valence-corrected chi connectivity index (χ2v) is 6.31. The van der Waals surface area contributed by atoms with Crippen molar-refractivity contribution in [3.05, 3.63) is 63.6 Å². The number of hydrogen-bond donors (Lipinski definition) is 2. The van der Waals surface area contributed by atoms with Crippen LogP contribution in [0.3, 0.4) is 0 Å². The van der Waals surface area contributed by atoms with E-state index in [4.69, 9.17) is 28.6 Å². The third-order valence-corrected chi connectivity index (χ3v) is 3.84. The molecule has 0 atom stereocenters. The fraction of sp³-hybridized carbons (Fsp3) is 0.125. The smallest absolute Gasteiger partial charge is 0.264 e. The van der Waals surface area contributed by atoms with Crippen LogP contribution in [0.15, 0.2) is 53.0 Å². The maximum Gasteiger partial charge on any atom is 0.264 e. The highest BCUT2D eigenvalue weighted by Crippen LogP contribution is 2.27. The van der Waals surface area contributed by atoms with Gasteiger partial charge in [0.05, 0.1) is 5.02 Å². The monoisotopic (exact) mass is 412 g/mol. The Bertz CT molecular complexity index is 698. The number of thiocarbonyl (C=S) groups is 1. The molecule has 2 aromatic rings. The highest BCUT2D eigenvalue weighted by Gasteiger charge is 2.08. The fourth-order valence-corrected chi connectivity index (χ4v) is 2.63. The minimum Gasteiger partial charge on any atom is -0.482 e. The highest BCUT2D eigenvalue weighted by atomic mass is 79.9. The van der Waals surface area contributed by atoms with Crippen molar-refractivity contribution in [1.82, 2.24) is 10.6 Å². The van der Waals surface area contributed by atoms with Gasteiger partial charge in [0.1, 0.15) is 5.75 Å².